The predicted octanol–water partition coefficient (Wildman–Crippen LogP) is 12.1. The van der Waals surface area contributed by atoms with Gasteiger partial charge in [0.25, 0.3) is 0 Å². The van der Waals surface area contributed by atoms with Crippen LogP contribution in [0.25, 0.3) is 87.6 Å². The minimum absolute atomic E-state index is 0.927. The molecule has 0 saturated carbocycles. The molecule has 0 aliphatic heterocycles. The van der Waals surface area contributed by atoms with E-state index < -0.39 is 0 Å². The summed E-state index contributed by atoms with van der Waals surface area (Å²) in [5, 5.41) is 10.2. The fraction of sp³-hybridized carbons (Fsp3) is 0.0476. The number of aryl methyl sites for hydroxylation is 2. The van der Waals surface area contributed by atoms with Crippen LogP contribution >= 0.6 is 0 Å². The van der Waals surface area contributed by atoms with E-state index in [9.17, 15) is 0 Å². The lowest BCUT2D eigenvalue weighted by Gasteiger charge is -2.17. The van der Waals surface area contributed by atoms with E-state index >= 15 is 0 Å². The van der Waals surface area contributed by atoms with Crippen molar-refractivity contribution < 1.29 is 4.42 Å². The van der Waals surface area contributed by atoms with Crippen LogP contribution in [-0.2, 0) is 0 Å². The van der Waals surface area contributed by atoms with Gasteiger partial charge >= 0.3 is 0 Å². The van der Waals surface area contributed by atoms with E-state index in [4.69, 9.17) is 4.42 Å². The first-order chi connectivity index (χ1) is 21.1. The molecule has 9 aromatic rings. The molecule has 1 heterocycles. The number of fused-ring (bicyclic) bond motifs is 3. The van der Waals surface area contributed by atoms with Crippen molar-refractivity contribution in [1.29, 1.82) is 0 Å². The van der Waals surface area contributed by atoms with Crippen molar-refractivity contribution in [3.05, 3.63) is 145 Å². The van der Waals surface area contributed by atoms with E-state index in [0.717, 1.165) is 33.1 Å². The van der Waals surface area contributed by atoms with Crippen LogP contribution in [0.3, 0.4) is 0 Å². The third kappa shape index (κ3) is 3.65. The van der Waals surface area contributed by atoms with Crippen molar-refractivity contribution in [2.75, 3.05) is 0 Å². The van der Waals surface area contributed by atoms with Gasteiger partial charge in [0.2, 0.25) is 0 Å². The van der Waals surface area contributed by atoms with E-state index in [1.807, 2.05) is 12.1 Å². The maximum atomic E-state index is 6.33. The quantitative estimate of drug-likeness (QED) is 0.200. The molecule has 1 nitrogen and oxygen atoms in total. The van der Waals surface area contributed by atoms with E-state index in [2.05, 4.69) is 135 Å². The average molecular weight is 549 g/mol. The lowest BCUT2D eigenvalue weighted by molar-refractivity contribution is 0.670. The third-order valence-corrected chi connectivity index (χ3v) is 9.11. The topological polar surface area (TPSA) is 13.1 Å². The zero-order chi connectivity index (χ0) is 28.7. The lowest BCUT2D eigenvalue weighted by Crippen LogP contribution is -1.90. The predicted molar refractivity (Wildman–Crippen MR) is 183 cm³/mol. The van der Waals surface area contributed by atoms with Crippen molar-refractivity contribution in [3.8, 4) is 33.4 Å². The number of benzene rings is 8. The lowest BCUT2D eigenvalue weighted by atomic mass is 9.86. The number of furan rings is 1. The summed E-state index contributed by atoms with van der Waals surface area (Å²) in [6.45, 7) is 4.36. The van der Waals surface area contributed by atoms with Gasteiger partial charge in [-0.3, -0.25) is 0 Å². The Bertz CT molecular complexity index is 2490. The highest BCUT2D eigenvalue weighted by molar-refractivity contribution is 6.27. The third-order valence-electron chi connectivity index (χ3n) is 9.11. The SMILES string of the molecule is Cc1cc(C)cc(-c2ccc3ccc4c(-c5ccc(-c6cccc7c6oc6ccccc67)cc5)ccc5ccc2c3c54)c1. The number of hydrogen-bond donors (Lipinski definition) is 0. The van der Waals surface area contributed by atoms with Crippen molar-refractivity contribution in [3.63, 3.8) is 0 Å². The summed E-state index contributed by atoms with van der Waals surface area (Å²) in [6.07, 6.45) is 0. The Balaban J connectivity index is 1.21. The van der Waals surface area contributed by atoms with Gasteiger partial charge in [-0.25, -0.2) is 0 Å². The monoisotopic (exact) mass is 548 g/mol. The summed E-state index contributed by atoms with van der Waals surface area (Å²) in [7, 11) is 0. The Morgan fingerprint density at radius 2 is 0.953 bits per heavy atom. The minimum atomic E-state index is 0.927. The molecule has 1 heteroatoms. The van der Waals surface area contributed by atoms with Gasteiger partial charge in [-0.1, -0.05) is 139 Å². The molecule has 0 N–H and O–H groups in total. The molecule has 0 bridgehead atoms. The molecule has 0 aliphatic rings. The second-order valence-corrected chi connectivity index (χ2v) is 11.9. The molecule has 0 fully saturated rings. The normalized spacial score (nSPS) is 12.0. The van der Waals surface area contributed by atoms with Crippen LogP contribution in [0.1, 0.15) is 11.1 Å². The molecule has 0 spiro atoms. The van der Waals surface area contributed by atoms with E-state index in [1.165, 1.54) is 65.7 Å². The highest BCUT2D eigenvalue weighted by atomic mass is 16.3. The Morgan fingerprint density at radius 3 is 1.63 bits per heavy atom. The van der Waals surface area contributed by atoms with Gasteiger partial charge in [-0.2, -0.15) is 0 Å². The van der Waals surface area contributed by atoms with Crippen LogP contribution in [0.4, 0.5) is 0 Å². The van der Waals surface area contributed by atoms with Crippen molar-refractivity contribution in [2.45, 2.75) is 13.8 Å². The van der Waals surface area contributed by atoms with Crippen LogP contribution in [0.5, 0.6) is 0 Å². The molecular weight excluding hydrogens is 520 g/mol. The first-order valence-electron chi connectivity index (χ1n) is 14.9. The van der Waals surface area contributed by atoms with E-state index in [0.29, 0.717) is 0 Å². The Hall–Kier alpha value is -5.40. The van der Waals surface area contributed by atoms with Crippen LogP contribution in [0, 0.1) is 13.8 Å². The second-order valence-electron chi connectivity index (χ2n) is 11.9. The van der Waals surface area contributed by atoms with Gasteiger partial charge in [0, 0.05) is 16.3 Å². The number of hydrogen-bond acceptors (Lipinski definition) is 1. The molecule has 0 saturated heterocycles. The van der Waals surface area contributed by atoms with Gasteiger partial charge < -0.3 is 4.42 Å². The van der Waals surface area contributed by atoms with E-state index in [1.54, 1.807) is 0 Å². The Morgan fingerprint density at radius 1 is 0.395 bits per heavy atom. The van der Waals surface area contributed by atoms with Crippen LogP contribution in [-0.4, -0.2) is 0 Å². The molecule has 43 heavy (non-hydrogen) atoms. The maximum absolute atomic E-state index is 6.33. The first kappa shape index (κ1) is 24.2. The standard InChI is InChI=1S/C42H28O/c1-25-22-26(2)24-31(23-25)33-19-15-30-16-20-36-32(18-14-29-17-21-37(33)41(30)40(29)36)27-10-12-28(13-11-27)34-7-5-8-38-35-6-3-4-9-39(35)43-42(34)38/h3-24H,1-2H3. The Kier molecular flexibility index (Phi) is 5.10. The average Bonchev–Trinajstić information content (AvgIpc) is 3.42. The number of para-hydroxylation sites is 2. The highest BCUT2D eigenvalue weighted by Crippen LogP contribution is 2.43. The second kappa shape index (κ2) is 9.05. The summed E-state index contributed by atoms with van der Waals surface area (Å²) < 4.78 is 6.33. The van der Waals surface area contributed by atoms with Crippen LogP contribution in [0.2, 0.25) is 0 Å². The molecule has 0 amide bonds. The fourth-order valence-corrected chi connectivity index (χ4v) is 7.24. The van der Waals surface area contributed by atoms with Crippen molar-refractivity contribution in [1.82, 2.24) is 0 Å². The molecule has 0 unspecified atom stereocenters. The summed E-state index contributed by atoms with van der Waals surface area (Å²) in [4.78, 5) is 0. The Labute approximate surface area is 250 Å². The molecule has 9 rings (SSSR count). The summed E-state index contributed by atoms with van der Waals surface area (Å²) in [6, 6.07) is 48.8. The van der Waals surface area contributed by atoms with Crippen LogP contribution in [0.15, 0.2) is 138 Å². The van der Waals surface area contributed by atoms with Gasteiger partial charge in [0.1, 0.15) is 11.2 Å². The molecule has 0 aliphatic carbocycles. The molecule has 0 radical (unpaired) electrons. The number of rotatable bonds is 3. The smallest absolute Gasteiger partial charge is 0.143 e. The minimum Gasteiger partial charge on any atom is -0.455 e. The van der Waals surface area contributed by atoms with Crippen LogP contribution < -0.4 is 0 Å². The van der Waals surface area contributed by atoms with Gasteiger partial charge in [-0.15, -0.1) is 0 Å². The van der Waals surface area contributed by atoms with E-state index in [-0.39, 0.29) is 0 Å². The van der Waals surface area contributed by atoms with Gasteiger partial charge in [-0.05, 0) is 80.0 Å². The zero-order valence-corrected chi connectivity index (χ0v) is 24.1. The molecule has 8 aromatic carbocycles. The molecule has 1 aromatic heterocycles. The maximum Gasteiger partial charge on any atom is 0.143 e. The fourth-order valence-electron chi connectivity index (χ4n) is 7.24. The zero-order valence-electron chi connectivity index (χ0n) is 24.1. The van der Waals surface area contributed by atoms with Crippen molar-refractivity contribution in [2.24, 2.45) is 0 Å². The molecule has 0 atom stereocenters. The first-order valence-corrected chi connectivity index (χ1v) is 14.9. The molecule has 202 valence electrons. The van der Waals surface area contributed by atoms with Gasteiger partial charge in [0.15, 0.2) is 0 Å². The molecular formula is C42H28O. The summed E-state index contributed by atoms with van der Waals surface area (Å²) in [5.41, 5.74) is 11.8. The largest absolute Gasteiger partial charge is 0.455 e. The summed E-state index contributed by atoms with van der Waals surface area (Å²) >= 11 is 0. The highest BCUT2D eigenvalue weighted by Gasteiger charge is 2.16. The van der Waals surface area contributed by atoms with Gasteiger partial charge in [0.05, 0.1) is 0 Å². The summed E-state index contributed by atoms with van der Waals surface area (Å²) in [5.74, 6) is 0. The van der Waals surface area contributed by atoms with Crippen molar-refractivity contribution >= 4 is 54.3 Å².